The molecule has 0 unspecified atom stereocenters. The van der Waals surface area contributed by atoms with Gasteiger partial charge in [-0.1, -0.05) is 37.5 Å². The van der Waals surface area contributed by atoms with E-state index in [9.17, 15) is 0 Å². The molecule has 0 saturated carbocycles. The highest BCUT2D eigenvalue weighted by atomic mass is 14.9. The summed E-state index contributed by atoms with van der Waals surface area (Å²) in [7, 11) is 0. The predicted molar refractivity (Wildman–Crippen MR) is 81.2 cm³/mol. The average Bonchev–Trinajstić information content (AvgIpc) is 2.65. The number of nitrogens with two attached hydrogens (primary N) is 1. The van der Waals surface area contributed by atoms with Crippen LogP contribution in [0.1, 0.15) is 12.2 Å². The highest BCUT2D eigenvalue weighted by Crippen LogP contribution is 2.16. The third-order valence-electron chi connectivity index (χ3n) is 2.75. The summed E-state index contributed by atoms with van der Waals surface area (Å²) in [6.07, 6.45) is 15.8. The number of nitrogens with one attached hydrogen (secondary N) is 1. The summed E-state index contributed by atoms with van der Waals surface area (Å²) < 4.78 is 0. The smallest absolute Gasteiger partial charge is 0.134 e. The summed E-state index contributed by atoms with van der Waals surface area (Å²) in [4.78, 5) is 7.87. The molecule has 0 radical (unpaired) electrons. The minimum atomic E-state index is 0.748. The lowest BCUT2D eigenvalue weighted by atomic mass is 10.2. The van der Waals surface area contributed by atoms with Crippen molar-refractivity contribution in [3.05, 3.63) is 71.8 Å². The van der Waals surface area contributed by atoms with E-state index in [0.29, 0.717) is 0 Å². The first-order chi connectivity index (χ1) is 9.24. The maximum absolute atomic E-state index is 5.77. The SMILES string of the molecule is C=C/C=c1/nc(C2=CC=C(N)C=CC2)[nH]/c1=C/C=C. The molecule has 19 heavy (non-hydrogen) atoms. The first-order valence-corrected chi connectivity index (χ1v) is 6.09. The Morgan fingerprint density at radius 2 is 2.00 bits per heavy atom. The summed E-state index contributed by atoms with van der Waals surface area (Å²) in [5.41, 5.74) is 7.61. The average molecular weight is 251 g/mol. The van der Waals surface area contributed by atoms with E-state index in [1.165, 1.54) is 0 Å². The van der Waals surface area contributed by atoms with Gasteiger partial charge in [-0.25, -0.2) is 4.98 Å². The molecule has 0 aromatic carbocycles. The van der Waals surface area contributed by atoms with Crippen molar-refractivity contribution < 1.29 is 0 Å². The summed E-state index contributed by atoms with van der Waals surface area (Å²) in [6.45, 7) is 7.41. The van der Waals surface area contributed by atoms with E-state index >= 15 is 0 Å². The largest absolute Gasteiger partial charge is 0.399 e. The molecule has 2 rings (SSSR count). The Bertz CT molecular complexity index is 659. The van der Waals surface area contributed by atoms with Crippen LogP contribution in [0.5, 0.6) is 0 Å². The number of nitrogens with zero attached hydrogens (tertiary/aromatic N) is 1. The van der Waals surface area contributed by atoms with Gasteiger partial charge in [-0.15, -0.1) is 0 Å². The maximum atomic E-state index is 5.77. The zero-order valence-electron chi connectivity index (χ0n) is 10.8. The standard InChI is InChI=1S/C16H17N3/c1-3-6-14-15(7-4-2)19-16(18-14)12-8-5-9-13(17)11-10-12/h3-7,9-11H,1-2,8,17H2,(H,18,19)/b14-6+,15-7+. The van der Waals surface area contributed by atoms with Gasteiger partial charge in [-0.2, -0.15) is 0 Å². The minimum Gasteiger partial charge on any atom is -0.399 e. The van der Waals surface area contributed by atoms with Gasteiger partial charge in [0.2, 0.25) is 0 Å². The van der Waals surface area contributed by atoms with Crippen LogP contribution in [-0.2, 0) is 0 Å². The molecule has 0 bridgehead atoms. The third-order valence-corrected chi connectivity index (χ3v) is 2.75. The van der Waals surface area contributed by atoms with Crippen LogP contribution in [0.4, 0.5) is 0 Å². The van der Waals surface area contributed by atoms with Crippen molar-refractivity contribution in [3.8, 4) is 0 Å². The highest BCUT2D eigenvalue weighted by molar-refractivity contribution is 5.65. The van der Waals surface area contributed by atoms with Crippen LogP contribution in [0.3, 0.4) is 0 Å². The Morgan fingerprint density at radius 3 is 2.74 bits per heavy atom. The minimum absolute atomic E-state index is 0.748. The van der Waals surface area contributed by atoms with Crippen LogP contribution in [0.15, 0.2) is 55.3 Å². The van der Waals surface area contributed by atoms with Crippen LogP contribution in [0, 0.1) is 0 Å². The number of aromatic amines is 1. The topological polar surface area (TPSA) is 54.7 Å². The Labute approximate surface area is 112 Å². The molecule has 1 aliphatic rings. The molecule has 1 aromatic rings. The van der Waals surface area contributed by atoms with Gasteiger partial charge in [-0.05, 0) is 36.3 Å². The Hall–Kier alpha value is -2.55. The van der Waals surface area contributed by atoms with E-state index in [1.54, 1.807) is 12.2 Å². The normalized spacial score (nSPS) is 16.8. The molecule has 0 atom stereocenters. The van der Waals surface area contributed by atoms with Crippen molar-refractivity contribution in [1.82, 2.24) is 9.97 Å². The molecule has 0 spiro atoms. The van der Waals surface area contributed by atoms with E-state index in [1.807, 2.05) is 36.5 Å². The van der Waals surface area contributed by atoms with Gasteiger partial charge in [0.25, 0.3) is 0 Å². The second kappa shape index (κ2) is 5.87. The molecule has 3 heteroatoms. The molecular formula is C16H17N3. The van der Waals surface area contributed by atoms with E-state index in [0.717, 1.165) is 34.2 Å². The quantitative estimate of drug-likeness (QED) is 0.856. The molecule has 0 fully saturated rings. The van der Waals surface area contributed by atoms with E-state index in [-0.39, 0.29) is 0 Å². The van der Waals surface area contributed by atoms with Crippen LogP contribution < -0.4 is 16.4 Å². The van der Waals surface area contributed by atoms with Crippen molar-refractivity contribution in [2.45, 2.75) is 6.42 Å². The second-order valence-corrected chi connectivity index (χ2v) is 4.15. The molecular weight excluding hydrogens is 234 g/mol. The summed E-state index contributed by atoms with van der Waals surface area (Å²) >= 11 is 0. The lowest BCUT2D eigenvalue weighted by molar-refractivity contribution is 1.18. The zero-order valence-corrected chi connectivity index (χ0v) is 10.8. The molecule has 96 valence electrons. The van der Waals surface area contributed by atoms with Gasteiger partial charge >= 0.3 is 0 Å². The number of hydrogen-bond donors (Lipinski definition) is 2. The summed E-state index contributed by atoms with van der Waals surface area (Å²) in [6, 6.07) is 0. The van der Waals surface area contributed by atoms with Crippen molar-refractivity contribution in [2.75, 3.05) is 0 Å². The molecule has 0 amide bonds. The van der Waals surface area contributed by atoms with Gasteiger partial charge in [0.15, 0.2) is 0 Å². The lowest BCUT2D eigenvalue weighted by Gasteiger charge is -1.97. The number of imidazole rings is 1. The fourth-order valence-electron chi connectivity index (χ4n) is 1.85. The fourth-order valence-corrected chi connectivity index (χ4v) is 1.85. The van der Waals surface area contributed by atoms with Crippen LogP contribution in [0.2, 0.25) is 0 Å². The molecule has 0 saturated heterocycles. The number of allylic oxidation sites excluding steroid dienone is 7. The van der Waals surface area contributed by atoms with Crippen molar-refractivity contribution in [1.29, 1.82) is 0 Å². The zero-order chi connectivity index (χ0) is 13.7. The lowest BCUT2D eigenvalue weighted by Crippen LogP contribution is -2.23. The number of hydrogen-bond acceptors (Lipinski definition) is 2. The third kappa shape index (κ3) is 3.01. The van der Waals surface area contributed by atoms with Gasteiger partial charge in [0, 0.05) is 5.70 Å². The molecule has 3 nitrogen and oxygen atoms in total. The van der Waals surface area contributed by atoms with Crippen molar-refractivity contribution in [3.63, 3.8) is 0 Å². The molecule has 1 aromatic heterocycles. The first-order valence-electron chi connectivity index (χ1n) is 6.09. The van der Waals surface area contributed by atoms with E-state index < -0.39 is 0 Å². The van der Waals surface area contributed by atoms with Crippen molar-refractivity contribution >= 4 is 17.7 Å². The number of aromatic nitrogens is 2. The monoisotopic (exact) mass is 251 g/mol. The molecule has 0 aliphatic heterocycles. The molecule has 3 N–H and O–H groups in total. The predicted octanol–water partition coefficient (Wildman–Crippen LogP) is 1.53. The Kier molecular flexibility index (Phi) is 3.98. The van der Waals surface area contributed by atoms with Crippen molar-refractivity contribution in [2.24, 2.45) is 5.73 Å². The molecule has 1 aliphatic carbocycles. The van der Waals surface area contributed by atoms with E-state index in [2.05, 4.69) is 23.1 Å². The fraction of sp³-hybridized carbons (Fsp3) is 0.0625. The van der Waals surface area contributed by atoms with Gasteiger partial charge < -0.3 is 10.7 Å². The van der Waals surface area contributed by atoms with Gasteiger partial charge in [0.05, 0.1) is 10.7 Å². The Morgan fingerprint density at radius 1 is 1.21 bits per heavy atom. The summed E-state index contributed by atoms with van der Waals surface area (Å²) in [5, 5.41) is 1.78. The number of H-pyrrole nitrogens is 1. The van der Waals surface area contributed by atoms with Gasteiger partial charge in [-0.3, -0.25) is 0 Å². The van der Waals surface area contributed by atoms with Crippen LogP contribution in [-0.4, -0.2) is 9.97 Å². The first kappa shape index (κ1) is 12.9. The molecule has 1 heterocycles. The highest BCUT2D eigenvalue weighted by Gasteiger charge is 2.05. The Balaban J connectivity index is 2.54. The van der Waals surface area contributed by atoms with Crippen LogP contribution >= 0.6 is 0 Å². The summed E-state index contributed by atoms with van der Waals surface area (Å²) in [5.74, 6) is 0.844. The maximum Gasteiger partial charge on any atom is 0.134 e. The van der Waals surface area contributed by atoms with E-state index in [4.69, 9.17) is 5.73 Å². The van der Waals surface area contributed by atoms with Gasteiger partial charge in [0.1, 0.15) is 5.82 Å². The van der Waals surface area contributed by atoms with Crippen LogP contribution in [0.25, 0.3) is 17.7 Å². The number of rotatable bonds is 3. The second-order valence-electron chi connectivity index (χ2n) is 4.15.